The van der Waals surface area contributed by atoms with Gasteiger partial charge in [0, 0.05) is 24.7 Å². The molecule has 2 unspecified atom stereocenters. The second-order valence-electron chi connectivity index (χ2n) is 6.93. The quantitative estimate of drug-likeness (QED) is 0.623. The van der Waals surface area contributed by atoms with Crippen LogP contribution >= 0.6 is 0 Å². The highest BCUT2D eigenvalue weighted by Gasteiger charge is 2.31. The lowest BCUT2D eigenvalue weighted by molar-refractivity contribution is 0.143. The van der Waals surface area contributed by atoms with Crippen LogP contribution in [-0.2, 0) is 6.54 Å². The van der Waals surface area contributed by atoms with Crippen molar-refractivity contribution in [3.05, 3.63) is 48.5 Å². The predicted molar refractivity (Wildman–Crippen MR) is 93.1 cm³/mol. The van der Waals surface area contributed by atoms with E-state index in [1.54, 1.807) is 6.20 Å². The standard InChI is InChI=1S/C18H20N6O/c1-12-4-7-23(10-14-2-6-22-25-14)11-15(12)18-21-9-13-8-20-17-16(24(13)18)3-5-19-17/h2-3,5-6,8-9,12,15,19H,4,7,10-11H2,1H3. The van der Waals surface area contributed by atoms with Crippen molar-refractivity contribution in [2.45, 2.75) is 25.8 Å². The maximum absolute atomic E-state index is 5.28. The number of hydrogen-bond donors (Lipinski definition) is 1. The first-order chi connectivity index (χ1) is 12.3. The molecule has 1 saturated heterocycles. The summed E-state index contributed by atoms with van der Waals surface area (Å²) in [5, 5.41) is 3.81. The van der Waals surface area contributed by atoms with Crippen molar-refractivity contribution in [2.24, 2.45) is 5.92 Å². The Morgan fingerprint density at radius 1 is 1.28 bits per heavy atom. The van der Waals surface area contributed by atoms with Gasteiger partial charge in [0.15, 0.2) is 11.4 Å². The molecule has 5 heterocycles. The molecule has 1 N–H and O–H groups in total. The van der Waals surface area contributed by atoms with Crippen LogP contribution in [-0.4, -0.2) is 42.5 Å². The minimum absolute atomic E-state index is 0.375. The van der Waals surface area contributed by atoms with Crippen molar-refractivity contribution in [3.8, 4) is 0 Å². The smallest absolute Gasteiger partial charge is 0.154 e. The Morgan fingerprint density at radius 3 is 3.08 bits per heavy atom. The Bertz CT molecular complexity index is 1000. The number of fused-ring (bicyclic) bond motifs is 3. The van der Waals surface area contributed by atoms with E-state index in [9.17, 15) is 0 Å². The molecule has 0 radical (unpaired) electrons. The van der Waals surface area contributed by atoms with Crippen molar-refractivity contribution >= 4 is 16.7 Å². The van der Waals surface area contributed by atoms with Gasteiger partial charge in [0.2, 0.25) is 0 Å². The third-order valence-electron chi connectivity index (χ3n) is 5.33. The number of H-pyrrole nitrogens is 1. The molecule has 5 rings (SSSR count). The van der Waals surface area contributed by atoms with E-state index in [0.29, 0.717) is 11.8 Å². The first kappa shape index (κ1) is 14.7. The fraction of sp³-hybridized carbons (Fsp3) is 0.389. The van der Waals surface area contributed by atoms with Gasteiger partial charge in [0.05, 0.1) is 36.2 Å². The van der Waals surface area contributed by atoms with Gasteiger partial charge in [0.25, 0.3) is 0 Å². The maximum Gasteiger partial charge on any atom is 0.154 e. The van der Waals surface area contributed by atoms with Gasteiger partial charge in [-0.3, -0.25) is 9.30 Å². The Kier molecular flexibility index (Phi) is 3.34. The molecule has 1 aliphatic heterocycles. The molecular formula is C18H20N6O. The highest BCUT2D eigenvalue weighted by molar-refractivity contribution is 5.75. The van der Waals surface area contributed by atoms with Crippen LogP contribution in [0.25, 0.3) is 16.7 Å². The Labute approximate surface area is 144 Å². The minimum Gasteiger partial charge on any atom is -0.360 e. The van der Waals surface area contributed by atoms with Crippen LogP contribution in [0.1, 0.15) is 30.8 Å². The Hall–Kier alpha value is -2.67. The summed E-state index contributed by atoms with van der Waals surface area (Å²) in [6.07, 6.45) is 8.60. The lowest BCUT2D eigenvalue weighted by Gasteiger charge is -2.36. The van der Waals surface area contributed by atoms with Crippen LogP contribution in [0.15, 0.2) is 41.4 Å². The lowest BCUT2D eigenvalue weighted by Crippen LogP contribution is -2.38. The highest BCUT2D eigenvalue weighted by atomic mass is 16.5. The van der Waals surface area contributed by atoms with Gasteiger partial charge in [-0.15, -0.1) is 0 Å². The summed E-state index contributed by atoms with van der Waals surface area (Å²) in [6.45, 7) is 5.17. The van der Waals surface area contributed by atoms with E-state index in [0.717, 1.165) is 54.3 Å². The van der Waals surface area contributed by atoms with Gasteiger partial charge < -0.3 is 9.51 Å². The molecule has 1 aliphatic rings. The van der Waals surface area contributed by atoms with E-state index < -0.39 is 0 Å². The number of aromatic nitrogens is 5. The zero-order valence-corrected chi connectivity index (χ0v) is 14.1. The first-order valence-electron chi connectivity index (χ1n) is 8.71. The summed E-state index contributed by atoms with van der Waals surface area (Å²) < 4.78 is 7.53. The van der Waals surface area contributed by atoms with E-state index >= 15 is 0 Å². The molecule has 4 aromatic rings. The number of imidazole rings is 1. The summed E-state index contributed by atoms with van der Waals surface area (Å²) in [5.41, 5.74) is 3.03. The second kappa shape index (κ2) is 5.70. The average molecular weight is 336 g/mol. The molecule has 25 heavy (non-hydrogen) atoms. The molecule has 0 aromatic carbocycles. The summed E-state index contributed by atoms with van der Waals surface area (Å²) in [4.78, 5) is 14.9. The van der Waals surface area contributed by atoms with Gasteiger partial charge in [-0.2, -0.15) is 0 Å². The molecule has 0 aliphatic carbocycles. The van der Waals surface area contributed by atoms with Gasteiger partial charge in [0.1, 0.15) is 5.82 Å². The molecular weight excluding hydrogens is 316 g/mol. The molecule has 4 aromatic heterocycles. The third kappa shape index (κ3) is 2.42. The molecule has 7 heteroatoms. The zero-order chi connectivity index (χ0) is 16.8. The zero-order valence-electron chi connectivity index (χ0n) is 14.1. The Balaban J connectivity index is 1.52. The topological polar surface area (TPSA) is 75.2 Å². The highest BCUT2D eigenvalue weighted by Crippen LogP contribution is 2.33. The van der Waals surface area contributed by atoms with Crippen LogP contribution in [0.2, 0.25) is 0 Å². The monoisotopic (exact) mass is 336 g/mol. The van der Waals surface area contributed by atoms with Crippen LogP contribution < -0.4 is 0 Å². The van der Waals surface area contributed by atoms with Gasteiger partial charge in [-0.1, -0.05) is 12.1 Å². The molecule has 128 valence electrons. The number of likely N-dealkylation sites (tertiary alicyclic amines) is 1. The molecule has 0 saturated carbocycles. The predicted octanol–water partition coefficient (Wildman–Crippen LogP) is 2.82. The number of rotatable bonds is 3. The lowest BCUT2D eigenvalue weighted by atomic mass is 9.86. The molecule has 1 fully saturated rings. The van der Waals surface area contributed by atoms with E-state index in [1.807, 2.05) is 24.7 Å². The van der Waals surface area contributed by atoms with Crippen LogP contribution in [0.5, 0.6) is 0 Å². The van der Waals surface area contributed by atoms with Gasteiger partial charge in [-0.05, 0) is 24.9 Å². The van der Waals surface area contributed by atoms with Crippen LogP contribution in [0.3, 0.4) is 0 Å². The van der Waals surface area contributed by atoms with Crippen molar-refractivity contribution in [1.29, 1.82) is 0 Å². The first-order valence-corrected chi connectivity index (χ1v) is 8.71. The normalized spacial score (nSPS) is 22.1. The molecule has 2 atom stereocenters. The van der Waals surface area contributed by atoms with E-state index in [2.05, 4.69) is 37.4 Å². The van der Waals surface area contributed by atoms with Crippen LogP contribution in [0.4, 0.5) is 0 Å². The Morgan fingerprint density at radius 2 is 2.20 bits per heavy atom. The second-order valence-corrected chi connectivity index (χ2v) is 6.93. The van der Waals surface area contributed by atoms with Crippen molar-refractivity contribution in [1.82, 2.24) is 29.4 Å². The third-order valence-corrected chi connectivity index (χ3v) is 5.33. The number of hydrogen-bond acceptors (Lipinski definition) is 5. The fourth-order valence-corrected chi connectivity index (χ4v) is 3.92. The van der Waals surface area contributed by atoms with Crippen LogP contribution in [0, 0.1) is 5.92 Å². The SMILES string of the molecule is CC1CCN(Cc2ccno2)CC1c1ncc2cnc3[nH]ccc3n12. The summed E-state index contributed by atoms with van der Waals surface area (Å²) in [5.74, 6) is 2.99. The molecule has 7 nitrogen and oxygen atoms in total. The van der Waals surface area contributed by atoms with Crippen molar-refractivity contribution in [2.75, 3.05) is 13.1 Å². The van der Waals surface area contributed by atoms with E-state index in [4.69, 9.17) is 9.51 Å². The molecule has 0 spiro atoms. The number of piperidine rings is 1. The van der Waals surface area contributed by atoms with Gasteiger partial charge in [-0.25, -0.2) is 9.97 Å². The average Bonchev–Trinajstić information content (AvgIpc) is 3.35. The fourth-order valence-electron chi connectivity index (χ4n) is 3.92. The summed E-state index contributed by atoms with van der Waals surface area (Å²) in [6, 6.07) is 4.01. The number of aromatic amines is 1. The number of nitrogens with one attached hydrogen (secondary N) is 1. The van der Waals surface area contributed by atoms with Crippen molar-refractivity contribution in [3.63, 3.8) is 0 Å². The van der Waals surface area contributed by atoms with Crippen molar-refractivity contribution < 1.29 is 4.52 Å². The molecule has 0 bridgehead atoms. The van der Waals surface area contributed by atoms with Gasteiger partial charge >= 0.3 is 0 Å². The summed E-state index contributed by atoms with van der Waals surface area (Å²) in [7, 11) is 0. The largest absolute Gasteiger partial charge is 0.360 e. The van der Waals surface area contributed by atoms with E-state index in [1.165, 1.54) is 0 Å². The van der Waals surface area contributed by atoms with E-state index in [-0.39, 0.29) is 0 Å². The maximum atomic E-state index is 5.28. The minimum atomic E-state index is 0.375. The summed E-state index contributed by atoms with van der Waals surface area (Å²) >= 11 is 0. The number of nitrogens with zero attached hydrogens (tertiary/aromatic N) is 5. The molecule has 0 amide bonds.